The maximum Gasteiger partial charge on any atom is 0.188 e. The summed E-state index contributed by atoms with van der Waals surface area (Å²) < 4.78 is 10.6. The van der Waals surface area contributed by atoms with Gasteiger partial charge in [-0.3, -0.25) is 0 Å². The second-order valence-electron chi connectivity index (χ2n) is 4.58. The van der Waals surface area contributed by atoms with Gasteiger partial charge in [0.25, 0.3) is 0 Å². The number of methoxy groups -OCH3 is 1. The minimum absolute atomic E-state index is 0.0373. The molecule has 90 valence electrons. The molecule has 1 aromatic carbocycles. The second-order valence-corrected chi connectivity index (χ2v) is 5.87. The molecular weight excluding hydrogens is 243 g/mol. The molecule has 0 bridgehead atoms. The summed E-state index contributed by atoms with van der Waals surface area (Å²) in [6.45, 7) is 6.72. The molecule has 4 heteroatoms. The number of hydrogen-bond acceptors (Lipinski definition) is 2. The van der Waals surface area contributed by atoms with E-state index in [1.165, 1.54) is 0 Å². The molecule has 0 amide bonds. The summed E-state index contributed by atoms with van der Waals surface area (Å²) >= 11 is 5.94. The van der Waals surface area contributed by atoms with Crippen LogP contribution < -0.4 is 10.0 Å². The van der Waals surface area contributed by atoms with Crippen molar-refractivity contribution in [3.63, 3.8) is 0 Å². The van der Waals surface area contributed by atoms with Gasteiger partial charge >= 0.3 is 0 Å². The molecular formula is C12H18ClO2P. The van der Waals surface area contributed by atoms with Crippen molar-refractivity contribution in [2.45, 2.75) is 26.2 Å². The normalized spacial score (nSPS) is 12.3. The number of rotatable bonds is 4. The van der Waals surface area contributed by atoms with Crippen LogP contribution in [0, 0.1) is 0 Å². The lowest BCUT2D eigenvalue weighted by atomic mass is 9.86. The maximum absolute atomic E-state index is 5.94. The Balaban J connectivity index is 3.15. The summed E-state index contributed by atoms with van der Waals surface area (Å²) in [5.74, 6) is 0.866. The molecule has 0 saturated heterocycles. The molecule has 0 aromatic heterocycles. The SMILES string of the molecule is COCOc1c(PCl)cccc1C(C)(C)C. The van der Waals surface area contributed by atoms with E-state index in [1.54, 1.807) is 7.11 Å². The van der Waals surface area contributed by atoms with Gasteiger partial charge in [-0.1, -0.05) is 44.1 Å². The lowest BCUT2D eigenvalue weighted by Crippen LogP contribution is -2.18. The first-order valence-electron chi connectivity index (χ1n) is 5.12. The van der Waals surface area contributed by atoms with Gasteiger partial charge in [-0.05, 0) is 11.5 Å². The van der Waals surface area contributed by atoms with Crippen LogP contribution in [0.2, 0.25) is 0 Å². The molecule has 0 aliphatic carbocycles. The highest BCUT2D eigenvalue weighted by Crippen LogP contribution is 2.34. The molecule has 1 aromatic rings. The number of hydrogen-bond donors (Lipinski definition) is 0. The zero-order chi connectivity index (χ0) is 12.2. The van der Waals surface area contributed by atoms with E-state index in [2.05, 4.69) is 26.8 Å². The third kappa shape index (κ3) is 3.35. The van der Waals surface area contributed by atoms with E-state index in [1.807, 2.05) is 12.1 Å². The van der Waals surface area contributed by atoms with Gasteiger partial charge in [0, 0.05) is 25.9 Å². The van der Waals surface area contributed by atoms with Crippen molar-refractivity contribution in [1.82, 2.24) is 0 Å². The molecule has 16 heavy (non-hydrogen) atoms. The maximum atomic E-state index is 5.94. The van der Waals surface area contributed by atoms with E-state index in [0.29, 0.717) is 0 Å². The lowest BCUT2D eigenvalue weighted by Gasteiger charge is -2.24. The largest absolute Gasteiger partial charge is 0.467 e. The van der Waals surface area contributed by atoms with E-state index < -0.39 is 0 Å². The summed E-state index contributed by atoms with van der Waals surface area (Å²) in [6, 6.07) is 6.09. The average Bonchev–Trinajstić information content (AvgIpc) is 2.24. The van der Waals surface area contributed by atoms with Gasteiger partial charge in [0.05, 0.1) is 0 Å². The zero-order valence-corrected chi connectivity index (χ0v) is 11.9. The van der Waals surface area contributed by atoms with E-state index in [-0.39, 0.29) is 20.1 Å². The van der Waals surface area contributed by atoms with Crippen LogP contribution in [0.4, 0.5) is 0 Å². The van der Waals surface area contributed by atoms with E-state index >= 15 is 0 Å². The second kappa shape index (κ2) is 5.86. The Labute approximate surface area is 104 Å². The number of halogens is 1. The van der Waals surface area contributed by atoms with Crippen molar-refractivity contribution in [2.75, 3.05) is 13.9 Å². The van der Waals surface area contributed by atoms with Gasteiger partial charge in [0.1, 0.15) is 5.75 Å². The van der Waals surface area contributed by atoms with Crippen LogP contribution in [0.1, 0.15) is 26.3 Å². The van der Waals surface area contributed by atoms with Gasteiger partial charge in [0.15, 0.2) is 6.79 Å². The topological polar surface area (TPSA) is 18.5 Å². The predicted octanol–water partition coefficient (Wildman–Crippen LogP) is 3.42. The van der Waals surface area contributed by atoms with Crippen LogP contribution in [0.15, 0.2) is 18.2 Å². The number of para-hydroxylation sites is 1. The van der Waals surface area contributed by atoms with Crippen LogP contribution in [0.3, 0.4) is 0 Å². The van der Waals surface area contributed by atoms with Gasteiger partial charge in [-0.2, -0.15) is 0 Å². The summed E-state index contributed by atoms with van der Waals surface area (Å²) in [5.41, 5.74) is 1.20. The molecule has 2 nitrogen and oxygen atoms in total. The highest BCUT2D eigenvalue weighted by atomic mass is 35.7. The molecule has 1 unspecified atom stereocenters. The first-order chi connectivity index (χ1) is 7.50. The van der Waals surface area contributed by atoms with Gasteiger partial charge in [0.2, 0.25) is 0 Å². The third-order valence-electron chi connectivity index (χ3n) is 2.25. The van der Waals surface area contributed by atoms with Gasteiger partial charge in [-0.25, -0.2) is 0 Å². The van der Waals surface area contributed by atoms with Crippen molar-refractivity contribution in [1.29, 1.82) is 0 Å². The Kier molecular flexibility index (Phi) is 5.04. The fourth-order valence-electron chi connectivity index (χ4n) is 1.48. The van der Waals surface area contributed by atoms with Gasteiger partial charge < -0.3 is 9.47 Å². The predicted molar refractivity (Wildman–Crippen MR) is 71.4 cm³/mol. The van der Waals surface area contributed by atoms with E-state index in [4.69, 9.17) is 20.7 Å². The summed E-state index contributed by atoms with van der Waals surface area (Å²) in [4.78, 5) is 0. The van der Waals surface area contributed by atoms with Crippen LogP contribution >= 0.6 is 19.2 Å². The molecule has 0 aliphatic heterocycles. The van der Waals surface area contributed by atoms with E-state index in [9.17, 15) is 0 Å². The Hall–Kier alpha value is -0.300. The zero-order valence-electron chi connectivity index (χ0n) is 10.1. The van der Waals surface area contributed by atoms with Crippen molar-refractivity contribution in [2.24, 2.45) is 0 Å². The fourth-order valence-corrected chi connectivity index (χ4v) is 2.37. The van der Waals surface area contributed by atoms with Crippen LogP contribution in [-0.4, -0.2) is 13.9 Å². The molecule has 0 aliphatic rings. The van der Waals surface area contributed by atoms with Crippen molar-refractivity contribution in [3.05, 3.63) is 23.8 Å². The average molecular weight is 261 g/mol. The van der Waals surface area contributed by atoms with E-state index in [0.717, 1.165) is 16.6 Å². The number of benzene rings is 1. The minimum Gasteiger partial charge on any atom is -0.467 e. The monoisotopic (exact) mass is 260 g/mol. The summed E-state index contributed by atoms with van der Waals surface area (Å²) in [7, 11) is 1.82. The molecule has 0 spiro atoms. The minimum atomic E-state index is 0.0373. The first kappa shape index (κ1) is 13.8. The summed E-state index contributed by atoms with van der Waals surface area (Å²) in [6.07, 6.45) is 0. The highest BCUT2D eigenvalue weighted by molar-refractivity contribution is 7.75. The molecule has 0 radical (unpaired) electrons. The molecule has 1 atom stereocenters. The molecule has 0 N–H and O–H groups in total. The fraction of sp³-hybridized carbons (Fsp3) is 0.500. The molecule has 0 saturated carbocycles. The molecule has 1 rings (SSSR count). The smallest absolute Gasteiger partial charge is 0.188 e. The van der Waals surface area contributed by atoms with Crippen molar-refractivity contribution in [3.8, 4) is 5.75 Å². The lowest BCUT2D eigenvalue weighted by molar-refractivity contribution is 0.0506. The Morgan fingerprint density at radius 3 is 2.50 bits per heavy atom. The van der Waals surface area contributed by atoms with Crippen LogP contribution in [0.5, 0.6) is 5.75 Å². The van der Waals surface area contributed by atoms with Crippen molar-refractivity contribution < 1.29 is 9.47 Å². The standard InChI is InChI=1S/C12H18ClO2P/c1-12(2,3)9-6-5-7-10(16-13)11(9)15-8-14-4/h5-7,16H,8H2,1-4H3. The quantitative estimate of drug-likeness (QED) is 0.610. The molecule has 0 fully saturated rings. The molecule has 0 heterocycles. The Morgan fingerprint density at radius 2 is 2.00 bits per heavy atom. The number of ether oxygens (including phenoxy) is 2. The summed E-state index contributed by atoms with van der Waals surface area (Å²) in [5, 5.41) is 1.03. The third-order valence-corrected chi connectivity index (χ3v) is 3.45. The van der Waals surface area contributed by atoms with Crippen molar-refractivity contribution >= 4 is 24.5 Å². The van der Waals surface area contributed by atoms with Crippen LogP contribution in [0.25, 0.3) is 0 Å². The van der Waals surface area contributed by atoms with Crippen LogP contribution in [-0.2, 0) is 10.2 Å². The Morgan fingerprint density at radius 1 is 1.31 bits per heavy atom. The highest BCUT2D eigenvalue weighted by Gasteiger charge is 2.21. The Bertz CT molecular complexity index is 347. The van der Waals surface area contributed by atoms with Gasteiger partial charge in [-0.15, -0.1) is 0 Å². The first-order valence-corrected chi connectivity index (χ1v) is 7.13.